The number of piperazine rings is 1. The van der Waals surface area contributed by atoms with Gasteiger partial charge in [-0.25, -0.2) is 19.9 Å². The van der Waals surface area contributed by atoms with E-state index in [1.165, 1.54) is 0 Å². The first-order valence-corrected chi connectivity index (χ1v) is 12.6. The quantitative estimate of drug-likeness (QED) is 0.392. The number of imidazole rings is 2. The average molecular weight is 507 g/mol. The van der Waals surface area contributed by atoms with Crippen LogP contribution in [0.3, 0.4) is 0 Å². The Morgan fingerprint density at radius 2 is 1.97 bits per heavy atom. The molecule has 1 saturated heterocycles. The summed E-state index contributed by atoms with van der Waals surface area (Å²) >= 11 is 7.72. The summed E-state index contributed by atoms with van der Waals surface area (Å²) in [5, 5.41) is 1.70. The molecule has 5 aromatic rings. The number of aromatic amines is 1. The number of hydrogen-bond donors (Lipinski definition) is 1. The zero-order valence-electron chi connectivity index (χ0n) is 19.2. The standard InChI is InChI=1S/C24H23ClN8OS/c1-14-9-31(24-21(28-13-35-24)22-29-17-6-5-16(25)8-19(17)30-22)10-15(2)33(14)20(34)11-32-12-27-18-4-3-7-26-23(18)32/h3-8,12-15H,9-11H2,1-2H3,(H,29,30)/t14-,15+. The minimum absolute atomic E-state index is 0.0263. The number of nitrogens with zero attached hydrogens (tertiary/aromatic N) is 7. The summed E-state index contributed by atoms with van der Waals surface area (Å²) in [7, 11) is 0. The minimum atomic E-state index is 0.0263. The van der Waals surface area contributed by atoms with Crippen LogP contribution in [0.2, 0.25) is 5.02 Å². The molecule has 1 amide bonds. The van der Waals surface area contributed by atoms with Crippen molar-refractivity contribution in [2.45, 2.75) is 32.5 Å². The monoisotopic (exact) mass is 506 g/mol. The van der Waals surface area contributed by atoms with E-state index in [2.05, 4.69) is 38.7 Å². The molecule has 1 aliphatic rings. The number of amides is 1. The Labute approximate surface area is 210 Å². The highest BCUT2D eigenvalue weighted by atomic mass is 35.5. The van der Waals surface area contributed by atoms with Crippen LogP contribution >= 0.6 is 22.9 Å². The maximum absolute atomic E-state index is 13.3. The molecule has 0 radical (unpaired) electrons. The van der Waals surface area contributed by atoms with Crippen molar-refractivity contribution in [2.75, 3.05) is 18.0 Å². The molecule has 1 fully saturated rings. The molecule has 178 valence electrons. The van der Waals surface area contributed by atoms with Crippen LogP contribution in [0.5, 0.6) is 0 Å². The third-order valence-corrected chi connectivity index (χ3v) is 7.51. The number of anilines is 1. The third-order valence-electron chi connectivity index (χ3n) is 6.39. The zero-order valence-corrected chi connectivity index (χ0v) is 20.8. The molecular weight excluding hydrogens is 484 g/mol. The predicted octanol–water partition coefficient (Wildman–Crippen LogP) is 4.21. The second-order valence-electron chi connectivity index (χ2n) is 8.88. The summed E-state index contributed by atoms with van der Waals surface area (Å²) in [4.78, 5) is 39.1. The summed E-state index contributed by atoms with van der Waals surface area (Å²) in [6.07, 6.45) is 3.41. The molecular formula is C24H23ClN8OS. The van der Waals surface area contributed by atoms with E-state index in [1.807, 2.05) is 45.3 Å². The number of hydrogen-bond acceptors (Lipinski definition) is 7. The fraction of sp³-hybridized carbons (Fsp3) is 0.292. The van der Waals surface area contributed by atoms with Crippen molar-refractivity contribution in [1.82, 2.24) is 34.4 Å². The number of halogens is 1. The highest BCUT2D eigenvalue weighted by molar-refractivity contribution is 7.14. The van der Waals surface area contributed by atoms with Crippen LogP contribution in [0, 0.1) is 0 Å². The third kappa shape index (κ3) is 3.92. The van der Waals surface area contributed by atoms with Gasteiger partial charge in [-0.2, -0.15) is 0 Å². The van der Waals surface area contributed by atoms with Crippen LogP contribution in [0.25, 0.3) is 33.7 Å². The van der Waals surface area contributed by atoms with Crippen molar-refractivity contribution in [3.05, 3.63) is 53.4 Å². The normalized spacial score (nSPS) is 18.6. The van der Waals surface area contributed by atoms with E-state index >= 15 is 0 Å². The number of carbonyl (C=O) groups excluding carboxylic acids is 1. The van der Waals surface area contributed by atoms with Crippen molar-refractivity contribution in [2.24, 2.45) is 0 Å². The first-order chi connectivity index (χ1) is 17.0. The van der Waals surface area contributed by atoms with Crippen LogP contribution in [-0.2, 0) is 11.3 Å². The number of rotatable bonds is 4. The van der Waals surface area contributed by atoms with Gasteiger partial charge in [0.05, 0.1) is 22.9 Å². The van der Waals surface area contributed by atoms with Gasteiger partial charge in [0.15, 0.2) is 11.5 Å². The Morgan fingerprint density at radius 3 is 2.80 bits per heavy atom. The highest BCUT2D eigenvalue weighted by Gasteiger charge is 2.35. The summed E-state index contributed by atoms with van der Waals surface area (Å²) in [6, 6.07) is 9.41. The molecule has 11 heteroatoms. The van der Waals surface area contributed by atoms with Crippen LogP contribution in [0.1, 0.15) is 13.8 Å². The van der Waals surface area contributed by atoms with Crippen LogP contribution in [-0.4, -0.2) is 65.5 Å². The van der Waals surface area contributed by atoms with Crippen molar-refractivity contribution < 1.29 is 4.79 Å². The Bertz CT molecular complexity index is 1530. The molecule has 5 heterocycles. The first-order valence-electron chi connectivity index (χ1n) is 11.4. The van der Waals surface area contributed by atoms with E-state index in [1.54, 1.807) is 23.9 Å². The molecule has 0 aliphatic carbocycles. The Hall–Kier alpha value is -3.50. The molecule has 0 saturated carbocycles. The molecule has 35 heavy (non-hydrogen) atoms. The van der Waals surface area contributed by atoms with Gasteiger partial charge in [0, 0.05) is 36.4 Å². The molecule has 0 spiro atoms. The van der Waals surface area contributed by atoms with Gasteiger partial charge in [0.1, 0.15) is 22.8 Å². The molecule has 1 aliphatic heterocycles. The Morgan fingerprint density at radius 1 is 1.14 bits per heavy atom. The van der Waals surface area contributed by atoms with Gasteiger partial charge in [0.2, 0.25) is 5.91 Å². The smallest absolute Gasteiger partial charge is 0.243 e. The summed E-state index contributed by atoms with van der Waals surface area (Å²) in [6.45, 7) is 5.82. The molecule has 2 atom stereocenters. The molecule has 0 bridgehead atoms. The fourth-order valence-electron chi connectivity index (χ4n) is 4.94. The van der Waals surface area contributed by atoms with E-state index in [9.17, 15) is 4.79 Å². The molecule has 1 aromatic carbocycles. The van der Waals surface area contributed by atoms with Gasteiger partial charge < -0.3 is 19.4 Å². The van der Waals surface area contributed by atoms with Crippen LogP contribution in [0.15, 0.2) is 48.4 Å². The van der Waals surface area contributed by atoms with E-state index in [0.717, 1.165) is 38.7 Å². The summed E-state index contributed by atoms with van der Waals surface area (Å²) < 4.78 is 1.82. The number of fused-ring (bicyclic) bond motifs is 2. The number of aromatic nitrogens is 6. The fourth-order valence-corrected chi connectivity index (χ4v) is 5.92. The second kappa shape index (κ2) is 8.62. The van der Waals surface area contributed by atoms with Crippen LogP contribution in [0.4, 0.5) is 5.00 Å². The van der Waals surface area contributed by atoms with Crippen molar-refractivity contribution in [3.63, 3.8) is 0 Å². The number of thiazole rings is 1. The maximum atomic E-state index is 13.3. The van der Waals surface area contributed by atoms with E-state index < -0.39 is 0 Å². The summed E-state index contributed by atoms with van der Waals surface area (Å²) in [5.41, 5.74) is 5.90. The molecule has 1 N–H and O–H groups in total. The number of benzene rings is 1. The molecule has 6 rings (SSSR count). The Balaban J connectivity index is 1.22. The lowest BCUT2D eigenvalue weighted by atomic mass is 10.1. The van der Waals surface area contributed by atoms with Gasteiger partial charge in [-0.15, -0.1) is 11.3 Å². The number of H-pyrrole nitrogens is 1. The van der Waals surface area contributed by atoms with Crippen molar-refractivity contribution in [3.8, 4) is 11.5 Å². The second-order valence-corrected chi connectivity index (χ2v) is 10.1. The van der Waals surface area contributed by atoms with E-state index in [-0.39, 0.29) is 24.5 Å². The average Bonchev–Trinajstić information content (AvgIpc) is 3.56. The minimum Gasteiger partial charge on any atom is -0.357 e. The molecule has 4 aromatic heterocycles. The van der Waals surface area contributed by atoms with Crippen LogP contribution < -0.4 is 4.90 Å². The Kier molecular flexibility index (Phi) is 5.42. The van der Waals surface area contributed by atoms with Gasteiger partial charge in [-0.1, -0.05) is 11.6 Å². The van der Waals surface area contributed by atoms with Crippen molar-refractivity contribution in [1.29, 1.82) is 0 Å². The van der Waals surface area contributed by atoms with Gasteiger partial charge in [-0.05, 0) is 44.2 Å². The number of nitrogens with one attached hydrogen (secondary N) is 1. The lowest BCUT2D eigenvalue weighted by Gasteiger charge is -2.45. The predicted molar refractivity (Wildman–Crippen MR) is 138 cm³/mol. The first kappa shape index (κ1) is 22.0. The largest absolute Gasteiger partial charge is 0.357 e. The SMILES string of the molecule is C[C@@H]1CN(c2scnc2-c2nc3cc(Cl)ccc3[nH]2)C[C@H](C)N1C(=O)Cn1cnc2cccnc21. The number of pyridine rings is 1. The maximum Gasteiger partial charge on any atom is 0.243 e. The van der Waals surface area contributed by atoms with Crippen molar-refractivity contribution >= 4 is 56.0 Å². The molecule has 9 nitrogen and oxygen atoms in total. The molecule has 0 unspecified atom stereocenters. The van der Waals surface area contributed by atoms with E-state index in [0.29, 0.717) is 18.1 Å². The van der Waals surface area contributed by atoms with Gasteiger partial charge >= 0.3 is 0 Å². The summed E-state index contributed by atoms with van der Waals surface area (Å²) in [5.74, 6) is 0.783. The highest BCUT2D eigenvalue weighted by Crippen LogP contribution is 2.35. The van der Waals surface area contributed by atoms with Gasteiger partial charge in [0.25, 0.3) is 0 Å². The topological polar surface area (TPSA) is 95.8 Å². The lowest BCUT2D eigenvalue weighted by Crippen LogP contribution is -2.59. The van der Waals surface area contributed by atoms with Gasteiger partial charge in [-0.3, -0.25) is 4.79 Å². The lowest BCUT2D eigenvalue weighted by molar-refractivity contribution is -0.136. The zero-order chi connectivity index (χ0) is 24.1. The number of carbonyl (C=O) groups is 1. The van der Waals surface area contributed by atoms with E-state index in [4.69, 9.17) is 16.6 Å².